The standard InChI is InChI=1S/C14H18N4O2S/c1-3-14(2)12(20)15-4-5-18(14)11(19)8-10-9-17-6-7-21-13(17)16-10/h6-7,9H,3-5,8H2,1-2H3,(H,15,20)/t14-/m0/s1. The molecule has 0 spiro atoms. The van der Waals surface area contributed by atoms with Crippen molar-refractivity contribution in [3.05, 3.63) is 23.5 Å². The van der Waals surface area contributed by atoms with Crippen molar-refractivity contribution in [2.75, 3.05) is 13.1 Å². The second-order valence-corrected chi connectivity index (χ2v) is 6.30. The van der Waals surface area contributed by atoms with E-state index in [0.29, 0.717) is 19.5 Å². The number of fused-ring (bicyclic) bond motifs is 1. The van der Waals surface area contributed by atoms with E-state index in [4.69, 9.17) is 0 Å². The van der Waals surface area contributed by atoms with Crippen LogP contribution in [0.5, 0.6) is 0 Å². The minimum atomic E-state index is -0.757. The fraction of sp³-hybridized carbons (Fsp3) is 0.500. The lowest BCUT2D eigenvalue weighted by atomic mass is 9.92. The van der Waals surface area contributed by atoms with E-state index in [1.165, 1.54) is 11.3 Å². The maximum Gasteiger partial charge on any atom is 0.245 e. The zero-order chi connectivity index (χ0) is 15.0. The topological polar surface area (TPSA) is 66.7 Å². The molecule has 0 radical (unpaired) electrons. The average molecular weight is 306 g/mol. The molecule has 0 aliphatic carbocycles. The molecule has 0 bridgehead atoms. The van der Waals surface area contributed by atoms with Gasteiger partial charge in [-0.1, -0.05) is 6.92 Å². The third-order valence-electron chi connectivity index (χ3n) is 4.17. The third-order valence-corrected chi connectivity index (χ3v) is 4.94. The number of amides is 2. The summed E-state index contributed by atoms with van der Waals surface area (Å²) >= 11 is 1.54. The molecular weight excluding hydrogens is 288 g/mol. The lowest BCUT2D eigenvalue weighted by Crippen LogP contribution is -2.64. The number of carbonyl (C=O) groups excluding carboxylic acids is 2. The minimum absolute atomic E-state index is 0.0417. The van der Waals surface area contributed by atoms with Gasteiger partial charge in [0, 0.05) is 30.9 Å². The number of piperazine rings is 1. The summed E-state index contributed by atoms with van der Waals surface area (Å²) in [4.78, 5) is 31.7. The normalized spacial score (nSPS) is 22.6. The van der Waals surface area contributed by atoms with Crippen molar-refractivity contribution in [3.8, 4) is 0 Å². The lowest BCUT2D eigenvalue weighted by molar-refractivity contribution is -0.150. The first-order valence-corrected chi connectivity index (χ1v) is 7.92. The van der Waals surface area contributed by atoms with Crippen LogP contribution in [0.3, 0.4) is 0 Å². The summed E-state index contributed by atoms with van der Waals surface area (Å²) in [7, 11) is 0. The summed E-state index contributed by atoms with van der Waals surface area (Å²) in [6, 6.07) is 0. The minimum Gasteiger partial charge on any atom is -0.352 e. The highest BCUT2D eigenvalue weighted by molar-refractivity contribution is 7.15. The largest absolute Gasteiger partial charge is 0.352 e. The highest BCUT2D eigenvalue weighted by atomic mass is 32.1. The van der Waals surface area contributed by atoms with Gasteiger partial charge in [-0.2, -0.15) is 0 Å². The predicted octanol–water partition coefficient (Wildman–Crippen LogP) is 1.07. The van der Waals surface area contributed by atoms with Crippen LogP contribution in [-0.4, -0.2) is 44.7 Å². The molecular formula is C14H18N4O2S. The van der Waals surface area contributed by atoms with E-state index in [1.54, 1.807) is 4.90 Å². The van der Waals surface area contributed by atoms with E-state index in [-0.39, 0.29) is 18.2 Å². The summed E-state index contributed by atoms with van der Waals surface area (Å²) < 4.78 is 1.91. The molecule has 3 heterocycles. The van der Waals surface area contributed by atoms with E-state index in [9.17, 15) is 9.59 Å². The number of rotatable bonds is 3. The quantitative estimate of drug-likeness (QED) is 0.922. The van der Waals surface area contributed by atoms with Gasteiger partial charge in [0.2, 0.25) is 11.8 Å². The van der Waals surface area contributed by atoms with Gasteiger partial charge in [-0.15, -0.1) is 11.3 Å². The molecule has 0 unspecified atom stereocenters. The van der Waals surface area contributed by atoms with Crippen molar-refractivity contribution < 1.29 is 9.59 Å². The number of nitrogens with one attached hydrogen (secondary N) is 1. The van der Waals surface area contributed by atoms with Crippen LogP contribution in [0.25, 0.3) is 4.96 Å². The molecule has 1 fully saturated rings. The van der Waals surface area contributed by atoms with Crippen molar-refractivity contribution in [1.29, 1.82) is 0 Å². The number of hydrogen-bond donors (Lipinski definition) is 1. The van der Waals surface area contributed by atoms with Crippen LogP contribution in [0.4, 0.5) is 0 Å². The van der Waals surface area contributed by atoms with Crippen LogP contribution in [0, 0.1) is 0 Å². The Kier molecular flexibility index (Phi) is 3.44. The molecule has 1 saturated heterocycles. The van der Waals surface area contributed by atoms with Gasteiger partial charge in [0.15, 0.2) is 4.96 Å². The van der Waals surface area contributed by atoms with Crippen molar-refractivity contribution in [2.24, 2.45) is 0 Å². The monoisotopic (exact) mass is 306 g/mol. The first kappa shape index (κ1) is 14.1. The first-order chi connectivity index (χ1) is 10.0. The maximum absolute atomic E-state index is 12.6. The summed E-state index contributed by atoms with van der Waals surface area (Å²) in [5, 5.41) is 4.79. The average Bonchev–Trinajstić information content (AvgIpc) is 3.02. The van der Waals surface area contributed by atoms with Gasteiger partial charge in [-0.25, -0.2) is 4.98 Å². The number of thiazole rings is 1. The smallest absolute Gasteiger partial charge is 0.245 e. The van der Waals surface area contributed by atoms with E-state index < -0.39 is 5.54 Å². The van der Waals surface area contributed by atoms with Crippen LogP contribution >= 0.6 is 11.3 Å². The molecule has 0 saturated carbocycles. The lowest BCUT2D eigenvalue weighted by Gasteiger charge is -2.43. The van der Waals surface area contributed by atoms with Gasteiger partial charge >= 0.3 is 0 Å². The predicted molar refractivity (Wildman–Crippen MR) is 80.2 cm³/mol. The van der Waals surface area contributed by atoms with Gasteiger partial charge in [-0.05, 0) is 13.3 Å². The highest BCUT2D eigenvalue weighted by Crippen LogP contribution is 2.23. The van der Waals surface area contributed by atoms with E-state index in [2.05, 4.69) is 10.3 Å². The molecule has 112 valence electrons. The van der Waals surface area contributed by atoms with Gasteiger partial charge in [0.25, 0.3) is 0 Å². The second kappa shape index (κ2) is 5.14. The summed E-state index contributed by atoms with van der Waals surface area (Å²) in [6.45, 7) is 4.82. The van der Waals surface area contributed by atoms with Crippen LogP contribution in [0.15, 0.2) is 17.8 Å². The van der Waals surface area contributed by atoms with E-state index in [0.717, 1.165) is 10.7 Å². The highest BCUT2D eigenvalue weighted by Gasteiger charge is 2.42. The number of imidazole rings is 1. The SMILES string of the molecule is CC[C@@]1(C)C(=O)NCCN1C(=O)Cc1cn2ccsc2n1. The van der Waals surface area contributed by atoms with Crippen LogP contribution in [0.1, 0.15) is 26.0 Å². The van der Waals surface area contributed by atoms with Crippen LogP contribution in [-0.2, 0) is 16.0 Å². The molecule has 21 heavy (non-hydrogen) atoms. The Labute approximate surface area is 126 Å². The summed E-state index contributed by atoms with van der Waals surface area (Å²) in [6.07, 6.45) is 4.63. The van der Waals surface area contributed by atoms with Gasteiger partial charge in [-0.3, -0.25) is 14.0 Å². The van der Waals surface area contributed by atoms with Gasteiger partial charge in [0.05, 0.1) is 12.1 Å². The molecule has 2 amide bonds. The Morgan fingerprint density at radius 3 is 3.10 bits per heavy atom. The number of hydrogen-bond acceptors (Lipinski definition) is 4. The summed E-state index contributed by atoms with van der Waals surface area (Å²) in [5.74, 6) is -0.115. The molecule has 1 aliphatic rings. The molecule has 1 atom stereocenters. The molecule has 2 aromatic heterocycles. The van der Waals surface area contributed by atoms with Gasteiger partial charge in [0.1, 0.15) is 5.54 Å². The third kappa shape index (κ3) is 2.31. The Bertz CT molecular complexity index is 664. The van der Waals surface area contributed by atoms with E-state index >= 15 is 0 Å². The Morgan fingerprint density at radius 2 is 2.38 bits per heavy atom. The molecule has 1 aliphatic heterocycles. The molecule has 0 aromatic carbocycles. The van der Waals surface area contributed by atoms with Crippen molar-refractivity contribution in [1.82, 2.24) is 19.6 Å². The summed E-state index contributed by atoms with van der Waals surface area (Å²) in [5.41, 5.74) is -0.0109. The number of nitrogens with zero attached hydrogens (tertiary/aromatic N) is 3. The Morgan fingerprint density at radius 1 is 1.57 bits per heavy atom. The zero-order valence-electron chi connectivity index (χ0n) is 12.1. The molecule has 7 heteroatoms. The zero-order valence-corrected chi connectivity index (χ0v) is 12.9. The van der Waals surface area contributed by atoms with Gasteiger partial charge < -0.3 is 10.2 Å². The fourth-order valence-electron chi connectivity index (χ4n) is 2.70. The number of aromatic nitrogens is 2. The Hall–Kier alpha value is -1.89. The molecule has 6 nitrogen and oxygen atoms in total. The maximum atomic E-state index is 12.6. The van der Waals surface area contributed by atoms with Crippen molar-refractivity contribution in [3.63, 3.8) is 0 Å². The van der Waals surface area contributed by atoms with Crippen LogP contribution in [0.2, 0.25) is 0 Å². The molecule has 3 rings (SSSR count). The molecule has 2 aromatic rings. The first-order valence-electron chi connectivity index (χ1n) is 7.04. The van der Waals surface area contributed by atoms with E-state index in [1.807, 2.05) is 36.0 Å². The van der Waals surface area contributed by atoms with Crippen molar-refractivity contribution >= 4 is 28.1 Å². The molecule has 1 N–H and O–H groups in total. The Balaban J connectivity index is 1.80. The van der Waals surface area contributed by atoms with Crippen LogP contribution < -0.4 is 5.32 Å². The van der Waals surface area contributed by atoms with Crippen molar-refractivity contribution in [2.45, 2.75) is 32.2 Å². The number of carbonyl (C=O) groups is 2. The fourth-order valence-corrected chi connectivity index (χ4v) is 3.42. The second-order valence-electron chi connectivity index (χ2n) is 5.43.